The Hall–Kier alpha value is -2.33. The molecule has 0 saturated heterocycles. The third-order valence-corrected chi connectivity index (χ3v) is 4.31. The Bertz CT molecular complexity index is 756. The van der Waals surface area contributed by atoms with Gasteiger partial charge in [-0.2, -0.15) is 0 Å². The van der Waals surface area contributed by atoms with Crippen molar-refractivity contribution in [1.29, 1.82) is 0 Å². The normalized spacial score (nSPS) is 12.7. The van der Waals surface area contributed by atoms with Crippen LogP contribution in [-0.4, -0.2) is 25.8 Å². The molecular weight excluding hydrogens is 304 g/mol. The second kappa shape index (κ2) is 5.14. The lowest BCUT2D eigenvalue weighted by atomic mass is 9.82. The van der Waals surface area contributed by atoms with Crippen LogP contribution < -0.4 is 9.47 Å². The fraction of sp³-hybridized carbons (Fsp3) is 0.176. The van der Waals surface area contributed by atoms with Crippen LogP contribution in [0.5, 0.6) is 11.5 Å². The van der Waals surface area contributed by atoms with Crippen LogP contribution in [0.15, 0.2) is 24.3 Å². The molecule has 0 N–H and O–H groups in total. The minimum Gasteiger partial charge on any atom is -0.496 e. The van der Waals surface area contributed by atoms with E-state index >= 15 is 0 Å². The SMILES string of the molecule is COc1c(C)c(Cl)c(OC)c2c1C(=O)c1ccccc1C2=O. The number of hydrogen-bond donors (Lipinski definition) is 0. The second-order valence-electron chi connectivity index (χ2n) is 4.96. The number of carbonyl (C=O) groups is 2. The first-order chi connectivity index (χ1) is 10.5. The van der Waals surface area contributed by atoms with Crippen molar-refractivity contribution < 1.29 is 19.1 Å². The lowest BCUT2D eigenvalue weighted by Crippen LogP contribution is -2.23. The summed E-state index contributed by atoms with van der Waals surface area (Å²) in [5.74, 6) is -0.0289. The molecule has 1 aliphatic carbocycles. The van der Waals surface area contributed by atoms with Crippen molar-refractivity contribution in [1.82, 2.24) is 0 Å². The highest BCUT2D eigenvalue weighted by molar-refractivity contribution is 6.37. The number of hydrogen-bond acceptors (Lipinski definition) is 4. The molecule has 5 heteroatoms. The van der Waals surface area contributed by atoms with Crippen LogP contribution in [0.3, 0.4) is 0 Å². The zero-order valence-corrected chi connectivity index (χ0v) is 13.1. The smallest absolute Gasteiger partial charge is 0.198 e. The summed E-state index contributed by atoms with van der Waals surface area (Å²) < 4.78 is 10.6. The highest BCUT2D eigenvalue weighted by atomic mass is 35.5. The molecule has 0 fully saturated rings. The van der Waals surface area contributed by atoms with Crippen molar-refractivity contribution >= 4 is 23.2 Å². The van der Waals surface area contributed by atoms with Gasteiger partial charge in [0.05, 0.1) is 30.4 Å². The third-order valence-electron chi connectivity index (χ3n) is 3.85. The van der Waals surface area contributed by atoms with Crippen LogP contribution in [0, 0.1) is 6.92 Å². The molecule has 0 aliphatic heterocycles. The van der Waals surface area contributed by atoms with E-state index in [1.54, 1.807) is 31.2 Å². The quantitative estimate of drug-likeness (QED) is 0.726. The first kappa shape index (κ1) is 14.6. The van der Waals surface area contributed by atoms with Gasteiger partial charge in [0, 0.05) is 16.7 Å². The molecule has 22 heavy (non-hydrogen) atoms. The van der Waals surface area contributed by atoms with E-state index in [-0.39, 0.29) is 33.5 Å². The van der Waals surface area contributed by atoms with Crippen LogP contribution in [0.4, 0.5) is 0 Å². The van der Waals surface area contributed by atoms with Crippen LogP contribution in [0.2, 0.25) is 5.02 Å². The summed E-state index contributed by atoms with van der Waals surface area (Å²) in [4.78, 5) is 25.7. The fourth-order valence-electron chi connectivity index (χ4n) is 2.82. The first-order valence-corrected chi connectivity index (χ1v) is 7.03. The van der Waals surface area contributed by atoms with Gasteiger partial charge in [-0.15, -0.1) is 0 Å². The zero-order valence-electron chi connectivity index (χ0n) is 12.3. The molecule has 0 spiro atoms. The lowest BCUT2D eigenvalue weighted by molar-refractivity contribution is 0.0974. The van der Waals surface area contributed by atoms with E-state index in [2.05, 4.69) is 0 Å². The number of ether oxygens (including phenoxy) is 2. The molecular formula is C17H13ClO4. The van der Waals surface area contributed by atoms with E-state index in [9.17, 15) is 9.59 Å². The first-order valence-electron chi connectivity index (χ1n) is 6.65. The highest BCUT2D eigenvalue weighted by Crippen LogP contribution is 2.45. The molecule has 0 amide bonds. The number of rotatable bonds is 2. The van der Waals surface area contributed by atoms with Gasteiger partial charge in [0.25, 0.3) is 0 Å². The monoisotopic (exact) mass is 316 g/mol. The molecule has 0 unspecified atom stereocenters. The minimum atomic E-state index is -0.290. The van der Waals surface area contributed by atoms with E-state index in [0.29, 0.717) is 22.4 Å². The summed E-state index contributed by atoms with van der Waals surface area (Å²) in [5.41, 5.74) is 1.66. The van der Waals surface area contributed by atoms with E-state index < -0.39 is 0 Å². The average molecular weight is 317 g/mol. The van der Waals surface area contributed by atoms with Crippen molar-refractivity contribution in [2.24, 2.45) is 0 Å². The summed E-state index contributed by atoms with van der Waals surface area (Å²) in [6.45, 7) is 1.72. The van der Waals surface area contributed by atoms with Crippen molar-refractivity contribution in [3.63, 3.8) is 0 Å². The summed E-state index contributed by atoms with van der Waals surface area (Å²) in [7, 11) is 2.87. The van der Waals surface area contributed by atoms with E-state index in [1.807, 2.05) is 0 Å². The van der Waals surface area contributed by atoms with Gasteiger partial charge in [-0.05, 0) is 6.92 Å². The standard InChI is InChI=1S/C17H13ClO4/c1-8-13(18)17(22-3)12-11(16(8)21-2)14(19)9-6-4-5-7-10(9)15(12)20/h4-7H,1-3H3. The molecule has 0 aromatic heterocycles. The summed E-state index contributed by atoms with van der Waals surface area (Å²) >= 11 is 6.29. The Morgan fingerprint density at radius 3 is 1.77 bits per heavy atom. The predicted molar refractivity (Wildman–Crippen MR) is 82.6 cm³/mol. The molecule has 1 aliphatic rings. The summed E-state index contributed by atoms with van der Waals surface area (Å²) in [6.07, 6.45) is 0. The lowest BCUT2D eigenvalue weighted by Gasteiger charge is -2.24. The van der Waals surface area contributed by atoms with Crippen molar-refractivity contribution in [3.05, 3.63) is 57.1 Å². The van der Waals surface area contributed by atoms with Gasteiger partial charge < -0.3 is 9.47 Å². The molecule has 0 bridgehead atoms. The molecule has 2 aromatic rings. The number of halogens is 1. The zero-order chi connectivity index (χ0) is 16.0. The van der Waals surface area contributed by atoms with Crippen LogP contribution in [-0.2, 0) is 0 Å². The predicted octanol–water partition coefficient (Wildman–Crippen LogP) is 3.44. The number of benzene rings is 2. The molecule has 0 saturated carbocycles. The van der Waals surface area contributed by atoms with E-state index in [4.69, 9.17) is 21.1 Å². The Kier molecular flexibility index (Phi) is 3.41. The maximum atomic E-state index is 12.8. The fourth-order valence-corrected chi connectivity index (χ4v) is 3.08. The molecule has 0 radical (unpaired) electrons. The van der Waals surface area contributed by atoms with Gasteiger partial charge in [-0.3, -0.25) is 9.59 Å². The Morgan fingerprint density at radius 2 is 1.32 bits per heavy atom. The minimum absolute atomic E-state index is 0.165. The largest absolute Gasteiger partial charge is 0.496 e. The van der Waals surface area contributed by atoms with Crippen LogP contribution in [0.25, 0.3) is 0 Å². The van der Waals surface area contributed by atoms with Gasteiger partial charge >= 0.3 is 0 Å². The van der Waals surface area contributed by atoms with Gasteiger partial charge in [0.15, 0.2) is 11.6 Å². The molecule has 4 nitrogen and oxygen atoms in total. The van der Waals surface area contributed by atoms with Crippen LogP contribution in [0.1, 0.15) is 37.4 Å². The maximum Gasteiger partial charge on any atom is 0.198 e. The molecule has 112 valence electrons. The van der Waals surface area contributed by atoms with Gasteiger partial charge in [-0.25, -0.2) is 0 Å². The van der Waals surface area contributed by atoms with E-state index in [1.165, 1.54) is 14.2 Å². The maximum absolute atomic E-state index is 12.8. The molecule has 2 aromatic carbocycles. The van der Waals surface area contributed by atoms with E-state index in [0.717, 1.165) is 0 Å². The van der Waals surface area contributed by atoms with Gasteiger partial charge in [0.1, 0.15) is 11.5 Å². The van der Waals surface area contributed by atoms with Crippen LogP contribution >= 0.6 is 11.6 Å². The van der Waals surface area contributed by atoms with Gasteiger partial charge in [0.2, 0.25) is 0 Å². The molecule has 0 atom stereocenters. The average Bonchev–Trinajstić information content (AvgIpc) is 2.54. The number of fused-ring (bicyclic) bond motifs is 2. The third kappa shape index (κ3) is 1.77. The number of ketones is 2. The van der Waals surface area contributed by atoms with Crippen molar-refractivity contribution in [3.8, 4) is 11.5 Å². The summed E-state index contributed by atoms with van der Waals surface area (Å²) in [5, 5.41) is 0.277. The molecule has 3 rings (SSSR count). The van der Waals surface area contributed by atoms with Crippen molar-refractivity contribution in [2.75, 3.05) is 14.2 Å². The Labute approximate surface area is 132 Å². The Morgan fingerprint density at radius 1 is 0.864 bits per heavy atom. The highest BCUT2D eigenvalue weighted by Gasteiger charge is 2.37. The topological polar surface area (TPSA) is 52.6 Å². The number of carbonyl (C=O) groups excluding carboxylic acids is 2. The number of methoxy groups -OCH3 is 2. The van der Waals surface area contributed by atoms with Crippen molar-refractivity contribution in [2.45, 2.75) is 6.92 Å². The Balaban J connectivity index is 2.46. The summed E-state index contributed by atoms with van der Waals surface area (Å²) in [6, 6.07) is 6.70. The van der Waals surface area contributed by atoms with Gasteiger partial charge in [-0.1, -0.05) is 35.9 Å². The molecule has 0 heterocycles. The second-order valence-corrected chi connectivity index (χ2v) is 5.34.